The zero-order valence-corrected chi connectivity index (χ0v) is 11.9. The van der Waals surface area contributed by atoms with E-state index in [1.807, 2.05) is 0 Å². The smallest absolute Gasteiger partial charge is 0.269 e. The van der Waals surface area contributed by atoms with Crippen LogP contribution in [0, 0.1) is 10.1 Å². The molecule has 0 aromatic heterocycles. The number of rotatable bonds is 7. The molecule has 0 fully saturated rings. The topological polar surface area (TPSA) is 60.2 Å². The van der Waals surface area contributed by atoms with Gasteiger partial charge in [0.1, 0.15) is 0 Å². The number of hydrogen-bond acceptors (Lipinski definition) is 3. The van der Waals surface area contributed by atoms with Gasteiger partial charge in [0.15, 0.2) is 0 Å². The van der Waals surface area contributed by atoms with Gasteiger partial charge in [0.2, 0.25) is 4.69 Å². The summed E-state index contributed by atoms with van der Waals surface area (Å²) >= 11 is 2.91. The van der Waals surface area contributed by atoms with Crippen LogP contribution in [0.25, 0.3) is 0 Å². The van der Waals surface area contributed by atoms with E-state index in [-0.39, 0.29) is 10.4 Å². The van der Waals surface area contributed by atoms with Crippen LogP contribution in [0.5, 0.6) is 0 Å². The Bertz CT molecular complexity index is 446. The van der Waals surface area contributed by atoms with Crippen molar-refractivity contribution in [1.29, 1.82) is 0 Å². The summed E-state index contributed by atoms with van der Waals surface area (Å²) in [5.41, 5.74) is 1.32. The summed E-state index contributed by atoms with van der Waals surface area (Å²) in [6.07, 6.45) is 5.01. The first kappa shape index (κ1) is 14.8. The third-order valence-corrected chi connectivity index (χ3v) is 3.24. The number of nitro groups is 1. The Kier molecular flexibility index (Phi) is 5.98. The SMILES string of the molecule is CCCCCCc1cc([N+](=O)[O-])ccc1C(=O)Br. The molecule has 0 bridgehead atoms. The van der Waals surface area contributed by atoms with Gasteiger partial charge >= 0.3 is 0 Å². The zero-order valence-electron chi connectivity index (χ0n) is 10.3. The minimum Gasteiger partial charge on any atom is -0.281 e. The van der Waals surface area contributed by atoms with Crippen LogP contribution in [0.3, 0.4) is 0 Å². The normalized spacial score (nSPS) is 10.3. The fraction of sp³-hybridized carbons (Fsp3) is 0.462. The fourth-order valence-electron chi connectivity index (χ4n) is 1.83. The van der Waals surface area contributed by atoms with Crippen LogP contribution in [-0.4, -0.2) is 9.62 Å². The molecule has 0 spiro atoms. The lowest BCUT2D eigenvalue weighted by molar-refractivity contribution is -0.384. The molecule has 0 aliphatic heterocycles. The molecule has 0 unspecified atom stereocenters. The second-order valence-electron chi connectivity index (χ2n) is 4.18. The first-order valence-electron chi connectivity index (χ1n) is 6.03. The molecule has 0 saturated heterocycles. The molecular weight excluding hydrogens is 298 g/mol. The molecule has 0 amide bonds. The summed E-state index contributed by atoms with van der Waals surface area (Å²) in [6, 6.07) is 4.38. The van der Waals surface area contributed by atoms with Crippen LogP contribution >= 0.6 is 15.9 Å². The van der Waals surface area contributed by atoms with Crippen molar-refractivity contribution in [3.05, 3.63) is 39.4 Å². The van der Waals surface area contributed by atoms with Gasteiger partial charge in [-0.05, 0) is 40.4 Å². The Morgan fingerprint density at radius 2 is 2.06 bits per heavy atom. The number of carbonyl (C=O) groups is 1. The minimum atomic E-state index is -0.433. The monoisotopic (exact) mass is 313 g/mol. The number of nitrogens with zero attached hydrogens (tertiary/aromatic N) is 1. The Hall–Kier alpha value is -1.23. The van der Waals surface area contributed by atoms with E-state index in [2.05, 4.69) is 22.9 Å². The van der Waals surface area contributed by atoms with Gasteiger partial charge in [0, 0.05) is 17.7 Å². The maximum absolute atomic E-state index is 11.4. The van der Waals surface area contributed by atoms with Crippen molar-refractivity contribution >= 4 is 26.3 Å². The highest BCUT2D eigenvalue weighted by molar-refractivity contribution is 9.18. The van der Waals surface area contributed by atoms with Crippen LogP contribution in [0.15, 0.2) is 18.2 Å². The van der Waals surface area contributed by atoms with Gasteiger partial charge in [-0.3, -0.25) is 14.9 Å². The van der Waals surface area contributed by atoms with Crippen molar-refractivity contribution in [3.63, 3.8) is 0 Å². The van der Waals surface area contributed by atoms with Crippen molar-refractivity contribution in [1.82, 2.24) is 0 Å². The van der Waals surface area contributed by atoms with Gasteiger partial charge in [-0.1, -0.05) is 26.2 Å². The van der Waals surface area contributed by atoms with E-state index in [4.69, 9.17) is 0 Å². The Morgan fingerprint density at radius 3 is 2.61 bits per heavy atom. The van der Waals surface area contributed by atoms with Crippen molar-refractivity contribution in [3.8, 4) is 0 Å². The standard InChI is InChI=1S/C13H16BrNO3/c1-2-3-4-5-6-10-9-11(15(17)18)7-8-12(10)13(14)16/h7-9H,2-6H2,1H3. The van der Waals surface area contributed by atoms with E-state index >= 15 is 0 Å². The number of aryl methyl sites for hydroxylation is 1. The molecule has 0 N–H and O–H groups in total. The summed E-state index contributed by atoms with van der Waals surface area (Å²) in [6.45, 7) is 2.13. The molecule has 1 aromatic carbocycles. The Balaban J connectivity index is 2.86. The van der Waals surface area contributed by atoms with Crippen LogP contribution in [0.4, 0.5) is 5.69 Å². The molecule has 0 atom stereocenters. The zero-order chi connectivity index (χ0) is 13.5. The molecular formula is C13H16BrNO3. The molecule has 18 heavy (non-hydrogen) atoms. The summed E-state index contributed by atoms with van der Waals surface area (Å²) in [5.74, 6) is 0. The van der Waals surface area contributed by atoms with Crippen LogP contribution in [0.2, 0.25) is 0 Å². The number of non-ortho nitro benzene ring substituents is 1. The lowest BCUT2D eigenvalue weighted by Gasteiger charge is -2.06. The average Bonchev–Trinajstić information content (AvgIpc) is 2.34. The molecule has 98 valence electrons. The number of hydrogen-bond donors (Lipinski definition) is 0. The summed E-state index contributed by atoms with van der Waals surface area (Å²) in [7, 11) is 0. The molecule has 4 nitrogen and oxygen atoms in total. The van der Waals surface area contributed by atoms with E-state index < -0.39 is 4.92 Å². The summed E-state index contributed by atoms with van der Waals surface area (Å²) in [4.78, 5) is 21.7. The Morgan fingerprint density at radius 1 is 1.33 bits per heavy atom. The third kappa shape index (κ3) is 4.22. The highest BCUT2D eigenvalue weighted by Gasteiger charge is 2.13. The van der Waals surface area contributed by atoms with Gasteiger partial charge in [0.05, 0.1) is 4.92 Å². The first-order valence-corrected chi connectivity index (χ1v) is 6.82. The third-order valence-electron chi connectivity index (χ3n) is 2.81. The van der Waals surface area contributed by atoms with E-state index in [0.29, 0.717) is 12.0 Å². The quantitative estimate of drug-likeness (QED) is 0.327. The molecule has 1 rings (SSSR count). The fourth-order valence-corrected chi connectivity index (χ4v) is 2.22. The van der Waals surface area contributed by atoms with E-state index in [9.17, 15) is 14.9 Å². The molecule has 0 saturated carbocycles. The van der Waals surface area contributed by atoms with Gasteiger partial charge in [-0.25, -0.2) is 0 Å². The highest BCUT2D eigenvalue weighted by atomic mass is 79.9. The van der Waals surface area contributed by atoms with E-state index in [0.717, 1.165) is 31.2 Å². The predicted octanol–water partition coefficient (Wildman–Crippen LogP) is 4.25. The second-order valence-corrected chi connectivity index (χ2v) is 4.90. The van der Waals surface area contributed by atoms with Gasteiger partial charge < -0.3 is 0 Å². The lowest BCUT2D eigenvalue weighted by atomic mass is 10.0. The number of nitro benzene ring substituents is 1. The van der Waals surface area contributed by atoms with Gasteiger partial charge in [-0.2, -0.15) is 0 Å². The van der Waals surface area contributed by atoms with Crippen molar-refractivity contribution < 1.29 is 9.72 Å². The van der Waals surface area contributed by atoms with E-state index in [1.54, 1.807) is 0 Å². The van der Waals surface area contributed by atoms with Crippen LogP contribution in [-0.2, 0) is 6.42 Å². The molecule has 0 aliphatic rings. The number of benzene rings is 1. The molecule has 1 aromatic rings. The molecule has 0 heterocycles. The number of halogens is 1. The van der Waals surface area contributed by atoms with Crippen molar-refractivity contribution in [2.24, 2.45) is 0 Å². The summed E-state index contributed by atoms with van der Waals surface area (Å²) in [5, 5.41) is 10.7. The maximum atomic E-state index is 11.4. The average molecular weight is 314 g/mol. The largest absolute Gasteiger partial charge is 0.281 e. The van der Waals surface area contributed by atoms with Crippen molar-refractivity contribution in [2.75, 3.05) is 0 Å². The highest BCUT2D eigenvalue weighted by Crippen LogP contribution is 2.22. The van der Waals surface area contributed by atoms with Crippen LogP contribution < -0.4 is 0 Å². The lowest BCUT2D eigenvalue weighted by Crippen LogP contribution is -2.00. The number of unbranched alkanes of at least 4 members (excludes halogenated alkanes) is 3. The predicted molar refractivity (Wildman–Crippen MR) is 74.2 cm³/mol. The molecule has 5 heteroatoms. The number of carbonyl (C=O) groups excluding carboxylic acids is 1. The molecule has 0 aliphatic carbocycles. The van der Waals surface area contributed by atoms with Gasteiger partial charge in [-0.15, -0.1) is 0 Å². The minimum absolute atomic E-state index is 0.0398. The van der Waals surface area contributed by atoms with Crippen LogP contribution in [0.1, 0.15) is 48.5 Å². The van der Waals surface area contributed by atoms with Gasteiger partial charge in [0.25, 0.3) is 5.69 Å². The molecule has 0 radical (unpaired) electrons. The maximum Gasteiger partial charge on any atom is 0.269 e. The summed E-state index contributed by atoms with van der Waals surface area (Å²) < 4.78 is -0.220. The Labute approximate surface area is 115 Å². The first-order chi connectivity index (χ1) is 8.56. The van der Waals surface area contributed by atoms with Crippen molar-refractivity contribution in [2.45, 2.75) is 39.0 Å². The second kappa shape index (κ2) is 7.26. The van der Waals surface area contributed by atoms with E-state index in [1.165, 1.54) is 18.2 Å².